The number of nitrogens with two attached hydrogens (primary N) is 1. The van der Waals surface area contributed by atoms with Gasteiger partial charge in [-0.05, 0) is 6.42 Å². The lowest BCUT2D eigenvalue weighted by molar-refractivity contribution is 0.758. The predicted octanol–water partition coefficient (Wildman–Crippen LogP) is 0.283. The summed E-state index contributed by atoms with van der Waals surface area (Å²) in [6, 6.07) is 1.97. The summed E-state index contributed by atoms with van der Waals surface area (Å²) in [5, 5.41) is 8.57. The number of imidazole rings is 1. The summed E-state index contributed by atoms with van der Waals surface area (Å²) in [5.41, 5.74) is 6.02. The average molecular weight is 148 g/mol. The van der Waals surface area contributed by atoms with Crippen molar-refractivity contribution in [3.63, 3.8) is 0 Å². The first kappa shape index (κ1) is 6.23. The zero-order chi connectivity index (χ0) is 7.84. The molecular formula is C7H8N4. The van der Waals surface area contributed by atoms with Gasteiger partial charge in [-0.2, -0.15) is 5.26 Å². The second-order valence-electron chi connectivity index (χ2n) is 2.63. The Hall–Kier alpha value is -1.50. The Kier molecular flexibility index (Phi) is 1.13. The summed E-state index contributed by atoms with van der Waals surface area (Å²) in [4.78, 5) is 4.09. The standard InChI is InChI=1S/C7H8N4/c8-4-5-7(9)11-3-1-2-6(11)10-5/h1-3,9H2. The summed E-state index contributed by atoms with van der Waals surface area (Å²) in [6.07, 6.45) is 2.05. The van der Waals surface area contributed by atoms with Crippen molar-refractivity contribution in [1.29, 1.82) is 5.26 Å². The van der Waals surface area contributed by atoms with E-state index < -0.39 is 0 Å². The number of hydrogen-bond acceptors (Lipinski definition) is 3. The molecule has 1 aromatic rings. The van der Waals surface area contributed by atoms with Gasteiger partial charge in [-0.15, -0.1) is 0 Å². The predicted molar refractivity (Wildman–Crippen MR) is 39.7 cm³/mol. The summed E-state index contributed by atoms with van der Waals surface area (Å²) in [5.74, 6) is 1.49. The number of nitriles is 1. The number of aromatic nitrogens is 2. The number of anilines is 1. The fourth-order valence-corrected chi connectivity index (χ4v) is 1.43. The van der Waals surface area contributed by atoms with E-state index in [-0.39, 0.29) is 0 Å². The molecule has 0 fully saturated rings. The van der Waals surface area contributed by atoms with Gasteiger partial charge in [0.1, 0.15) is 17.7 Å². The molecule has 0 radical (unpaired) electrons. The van der Waals surface area contributed by atoms with Gasteiger partial charge in [-0.1, -0.05) is 0 Å². The molecule has 0 spiro atoms. The van der Waals surface area contributed by atoms with Crippen LogP contribution in [0.15, 0.2) is 0 Å². The zero-order valence-corrected chi connectivity index (χ0v) is 6.04. The third kappa shape index (κ3) is 0.709. The zero-order valence-electron chi connectivity index (χ0n) is 6.04. The molecule has 2 rings (SSSR count). The molecule has 1 aromatic heterocycles. The summed E-state index contributed by atoms with van der Waals surface area (Å²) < 4.78 is 1.92. The van der Waals surface area contributed by atoms with Crippen LogP contribution in [0.5, 0.6) is 0 Å². The number of rotatable bonds is 0. The van der Waals surface area contributed by atoms with Crippen molar-refractivity contribution >= 4 is 5.82 Å². The topological polar surface area (TPSA) is 67.6 Å². The average Bonchev–Trinajstić information content (AvgIpc) is 2.53. The van der Waals surface area contributed by atoms with Crippen LogP contribution in [-0.2, 0) is 13.0 Å². The van der Waals surface area contributed by atoms with Crippen molar-refractivity contribution in [1.82, 2.24) is 9.55 Å². The first-order chi connectivity index (χ1) is 5.33. The minimum Gasteiger partial charge on any atom is -0.383 e. The maximum atomic E-state index is 8.57. The third-order valence-electron chi connectivity index (χ3n) is 1.97. The van der Waals surface area contributed by atoms with Gasteiger partial charge in [0.15, 0.2) is 5.69 Å². The van der Waals surface area contributed by atoms with Crippen LogP contribution in [0.3, 0.4) is 0 Å². The number of nitrogen functional groups attached to an aromatic ring is 1. The highest BCUT2D eigenvalue weighted by molar-refractivity contribution is 5.46. The molecule has 2 heterocycles. The van der Waals surface area contributed by atoms with Crippen LogP contribution < -0.4 is 5.73 Å². The van der Waals surface area contributed by atoms with Gasteiger partial charge in [0.05, 0.1) is 0 Å². The molecule has 0 aliphatic carbocycles. The highest BCUT2D eigenvalue weighted by Crippen LogP contribution is 2.20. The second-order valence-corrected chi connectivity index (χ2v) is 2.63. The first-order valence-corrected chi connectivity index (χ1v) is 3.58. The van der Waals surface area contributed by atoms with Crippen LogP contribution in [-0.4, -0.2) is 9.55 Å². The van der Waals surface area contributed by atoms with Crippen molar-refractivity contribution in [3.05, 3.63) is 11.5 Å². The van der Waals surface area contributed by atoms with Crippen molar-refractivity contribution in [2.24, 2.45) is 0 Å². The van der Waals surface area contributed by atoms with E-state index in [4.69, 9.17) is 11.0 Å². The molecule has 0 bridgehead atoms. The maximum Gasteiger partial charge on any atom is 0.182 e. The molecule has 0 amide bonds. The van der Waals surface area contributed by atoms with Crippen LogP contribution in [0.25, 0.3) is 0 Å². The van der Waals surface area contributed by atoms with Gasteiger partial charge in [-0.3, -0.25) is 0 Å². The molecule has 4 nitrogen and oxygen atoms in total. The Balaban J connectivity index is 2.60. The van der Waals surface area contributed by atoms with Crippen molar-refractivity contribution in [2.45, 2.75) is 19.4 Å². The highest BCUT2D eigenvalue weighted by atomic mass is 15.2. The molecule has 11 heavy (non-hydrogen) atoms. The quantitative estimate of drug-likeness (QED) is 0.574. The van der Waals surface area contributed by atoms with E-state index in [0.717, 1.165) is 25.2 Å². The third-order valence-corrected chi connectivity index (χ3v) is 1.97. The monoisotopic (exact) mass is 148 g/mol. The van der Waals surface area contributed by atoms with E-state index in [1.54, 1.807) is 0 Å². The van der Waals surface area contributed by atoms with E-state index >= 15 is 0 Å². The van der Waals surface area contributed by atoms with E-state index in [9.17, 15) is 0 Å². The largest absolute Gasteiger partial charge is 0.383 e. The van der Waals surface area contributed by atoms with E-state index in [1.165, 1.54) is 0 Å². The van der Waals surface area contributed by atoms with Gasteiger partial charge in [0.25, 0.3) is 0 Å². The fraction of sp³-hybridized carbons (Fsp3) is 0.429. The van der Waals surface area contributed by atoms with E-state index in [0.29, 0.717) is 11.5 Å². The molecule has 0 aromatic carbocycles. The molecule has 0 atom stereocenters. The number of fused-ring (bicyclic) bond motifs is 1. The van der Waals surface area contributed by atoms with Crippen LogP contribution in [0.1, 0.15) is 17.9 Å². The SMILES string of the molecule is N#Cc1nc2n(c1N)CCC2. The minimum atomic E-state index is 0.375. The number of aryl methyl sites for hydroxylation is 1. The lowest BCUT2D eigenvalue weighted by atomic mass is 10.3. The highest BCUT2D eigenvalue weighted by Gasteiger charge is 2.18. The van der Waals surface area contributed by atoms with Gasteiger partial charge in [0, 0.05) is 13.0 Å². The summed E-state index contributed by atoms with van der Waals surface area (Å²) in [7, 11) is 0. The van der Waals surface area contributed by atoms with Gasteiger partial charge in [0.2, 0.25) is 0 Å². The van der Waals surface area contributed by atoms with Crippen LogP contribution in [0.4, 0.5) is 5.82 Å². The lowest BCUT2D eigenvalue weighted by Gasteiger charge is -1.96. The normalized spacial score (nSPS) is 14.5. The van der Waals surface area contributed by atoms with Crippen molar-refractivity contribution in [2.75, 3.05) is 5.73 Å². The smallest absolute Gasteiger partial charge is 0.182 e. The molecule has 0 saturated carbocycles. The second kappa shape index (κ2) is 1.99. The number of hydrogen-bond donors (Lipinski definition) is 1. The van der Waals surface area contributed by atoms with Crippen molar-refractivity contribution in [3.8, 4) is 6.07 Å². The van der Waals surface area contributed by atoms with Crippen molar-refractivity contribution < 1.29 is 0 Å². The van der Waals surface area contributed by atoms with Crippen LogP contribution >= 0.6 is 0 Å². The molecule has 1 aliphatic heterocycles. The molecule has 2 N–H and O–H groups in total. The van der Waals surface area contributed by atoms with Crippen LogP contribution in [0.2, 0.25) is 0 Å². The van der Waals surface area contributed by atoms with E-state index in [2.05, 4.69) is 4.98 Å². The number of nitrogens with zero attached hydrogens (tertiary/aromatic N) is 3. The Bertz CT molecular complexity index is 331. The Morgan fingerprint density at radius 1 is 1.64 bits per heavy atom. The van der Waals surface area contributed by atoms with Gasteiger partial charge in [-0.25, -0.2) is 4.98 Å². The molecular weight excluding hydrogens is 140 g/mol. The summed E-state index contributed by atoms with van der Waals surface area (Å²) in [6.45, 7) is 0.913. The fourth-order valence-electron chi connectivity index (χ4n) is 1.43. The molecule has 56 valence electrons. The molecule has 0 saturated heterocycles. The van der Waals surface area contributed by atoms with Gasteiger partial charge < -0.3 is 10.3 Å². The summed E-state index contributed by atoms with van der Waals surface area (Å²) >= 11 is 0. The Labute approximate surface area is 64.3 Å². The maximum absolute atomic E-state index is 8.57. The van der Waals surface area contributed by atoms with Crippen LogP contribution in [0, 0.1) is 11.3 Å². The molecule has 1 aliphatic rings. The Morgan fingerprint density at radius 3 is 3.09 bits per heavy atom. The molecule has 0 unspecified atom stereocenters. The Morgan fingerprint density at radius 2 is 2.45 bits per heavy atom. The van der Waals surface area contributed by atoms with E-state index in [1.807, 2.05) is 10.6 Å². The lowest BCUT2D eigenvalue weighted by Crippen LogP contribution is -1.99. The first-order valence-electron chi connectivity index (χ1n) is 3.58. The van der Waals surface area contributed by atoms with Gasteiger partial charge >= 0.3 is 0 Å². The molecule has 4 heteroatoms. The minimum absolute atomic E-state index is 0.375.